The molecular weight excluding hydrogens is 360 g/mol. The Bertz CT molecular complexity index is 813. The molecule has 0 saturated carbocycles. The second-order valence-corrected chi connectivity index (χ2v) is 7.91. The quantitative estimate of drug-likeness (QED) is 0.865. The number of piperidine rings is 1. The molecule has 142 valence electrons. The van der Waals surface area contributed by atoms with Gasteiger partial charge < -0.3 is 15.0 Å². The summed E-state index contributed by atoms with van der Waals surface area (Å²) in [4.78, 5) is 14.6. The van der Waals surface area contributed by atoms with Crippen molar-refractivity contribution in [1.29, 1.82) is 0 Å². The molecule has 5 heteroatoms. The summed E-state index contributed by atoms with van der Waals surface area (Å²) in [6.45, 7) is 4.57. The van der Waals surface area contributed by atoms with Crippen molar-refractivity contribution in [2.45, 2.75) is 38.0 Å². The van der Waals surface area contributed by atoms with Gasteiger partial charge in [0.25, 0.3) is 0 Å². The molecule has 2 aromatic rings. The van der Waals surface area contributed by atoms with Gasteiger partial charge in [0.1, 0.15) is 0 Å². The fourth-order valence-electron chi connectivity index (χ4n) is 4.14. The number of halogens is 1. The summed E-state index contributed by atoms with van der Waals surface area (Å²) in [5.41, 5.74) is 3.53. The van der Waals surface area contributed by atoms with Gasteiger partial charge in [-0.1, -0.05) is 48.0 Å². The number of hydrogen-bond donors (Lipinski definition) is 1. The second kappa shape index (κ2) is 7.63. The molecule has 27 heavy (non-hydrogen) atoms. The fraction of sp³-hybridized carbons (Fsp3) is 0.409. The van der Waals surface area contributed by atoms with Crippen LogP contribution in [0.5, 0.6) is 0 Å². The Labute approximate surface area is 165 Å². The van der Waals surface area contributed by atoms with E-state index in [1.54, 1.807) is 0 Å². The highest BCUT2D eigenvalue weighted by atomic mass is 35.5. The zero-order chi connectivity index (χ0) is 18.9. The molecule has 1 saturated heterocycles. The normalized spacial score (nSPS) is 19.1. The average Bonchev–Trinajstić information content (AvgIpc) is 3.05. The molecule has 2 heterocycles. The highest BCUT2D eigenvalue weighted by Gasteiger charge is 2.43. The number of amides is 1. The van der Waals surface area contributed by atoms with E-state index in [-0.39, 0.29) is 17.6 Å². The van der Waals surface area contributed by atoms with Crippen LogP contribution in [0.15, 0.2) is 48.5 Å². The first-order chi connectivity index (χ1) is 13.1. The van der Waals surface area contributed by atoms with Crippen LogP contribution in [0.1, 0.15) is 42.5 Å². The third-order valence-corrected chi connectivity index (χ3v) is 6.12. The highest BCUT2D eigenvalue weighted by Crippen LogP contribution is 2.43. The summed E-state index contributed by atoms with van der Waals surface area (Å²) in [6, 6.07) is 16.3. The molecule has 1 amide bonds. The SMILES string of the molecule is CC(NCC(=O)N1CCC2(CC1)OCc1ccccc12)c1ccc(Cl)cc1. The van der Waals surface area contributed by atoms with E-state index in [0.29, 0.717) is 13.2 Å². The standard InChI is InChI=1S/C22H25ClN2O2/c1-16(17-6-8-19(23)9-7-17)24-14-21(26)25-12-10-22(11-13-25)20-5-3-2-4-18(20)15-27-22/h2-9,16,24H,10-15H2,1H3. The van der Waals surface area contributed by atoms with Crippen molar-refractivity contribution in [2.75, 3.05) is 19.6 Å². The van der Waals surface area contributed by atoms with Gasteiger partial charge in [0.2, 0.25) is 5.91 Å². The monoisotopic (exact) mass is 384 g/mol. The van der Waals surface area contributed by atoms with Gasteiger partial charge in [-0.3, -0.25) is 4.79 Å². The zero-order valence-corrected chi connectivity index (χ0v) is 16.3. The van der Waals surface area contributed by atoms with Gasteiger partial charge in [0, 0.05) is 24.2 Å². The summed E-state index contributed by atoms with van der Waals surface area (Å²) in [5.74, 6) is 0.150. The van der Waals surface area contributed by atoms with Crippen molar-refractivity contribution in [1.82, 2.24) is 10.2 Å². The maximum absolute atomic E-state index is 12.6. The molecule has 1 unspecified atom stereocenters. The minimum absolute atomic E-state index is 0.104. The number of likely N-dealkylation sites (tertiary alicyclic amines) is 1. The van der Waals surface area contributed by atoms with E-state index in [0.717, 1.165) is 36.5 Å². The Morgan fingerprint density at radius 3 is 2.63 bits per heavy atom. The molecule has 2 aromatic carbocycles. The lowest BCUT2D eigenvalue weighted by molar-refractivity contribution is -0.137. The van der Waals surface area contributed by atoms with Crippen molar-refractivity contribution < 1.29 is 9.53 Å². The summed E-state index contributed by atoms with van der Waals surface area (Å²) < 4.78 is 6.18. The molecule has 0 aliphatic carbocycles. The maximum Gasteiger partial charge on any atom is 0.236 e. The number of benzene rings is 2. The van der Waals surface area contributed by atoms with Crippen LogP contribution < -0.4 is 5.32 Å². The van der Waals surface area contributed by atoms with Crippen LogP contribution in [0.2, 0.25) is 5.02 Å². The molecule has 1 fully saturated rings. The first-order valence-corrected chi connectivity index (χ1v) is 9.94. The van der Waals surface area contributed by atoms with Crippen molar-refractivity contribution in [3.05, 3.63) is 70.2 Å². The Morgan fingerprint density at radius 1 is 1.19 bits per heavy atom. The van der Waals surface area contributed by atoms with Crippen molar-refractivity contribution in [3.63, 3.8) is 0 Å². The van der Waals surface area contributed by atoms with Gasteiger partial charge in [0.05, 0.1) is 18.8 Å². The number of carbonyl (C=O) groups is 1. The van der Waals surface area contributed by atoms with Crippen LogP contribution in [0.4, 0.5) is 0 Å². The molecule has 4 nitrogen and oxygen atoms in total. The van der Waals surface area contributed by atoms with Crippen LogP contribution >= 0.6 is 11.6 Å². The lowest BCUT2D eigenvalue weighted by Gasteiger charge is -2.39. The molecule has 0 radical (unpaired) electrons. The van der Waals surface area contributed by atoms with Gasteiger partial charge in [-0.15, -0.1) is 0 Å². The zero-order valence-electron chi connectivity index (χ0n) is 15.6. The van der Waals surface area contributed by atoms with Crippen LogP contribution in [-0.4, -0.2) is 30.4 Å². The van der Waals surface area contributed by atoms with Crippen molar-refractivity contribution >= 4 is 17.5 Å². The topological polar surface area (TPSA) is 41.6 Å². The number of rotatable bonds is 4. The van der Waals surface area contributed by atoms with Gasteiger partial charge in [0.15, 0.2) is 0 Å². The summed E-state index contributed by atoms with van der Waals surface area (Å²) >= 11 is 5.94. The molecule has 1 atom stereocenters. The highest BCUT2D eigenvalue weighted by molar-refractivity contribution is 6.30. The Balaban J connectivity index is 1.31. The smallest absolute Gasteiger partial charge is 0.236 e. The van der Waals surface area contributed by atoms with Gasteiger partial charge in [-0.05, 0) is 48.6 Å². The summed E-state index contributed by atoms with van der Waals surface area (Å²) in [5, 5.41) is 4.05. The Kier molecular flexibility index (Phi) is 5.22. The second-order valence-electron chi connectivity index (χ2n) is 7.48. The number of hydrogen-bond acceptors (Lipinski definition) is 3. The van der Waals surface area contributed by atoms with Crippen molar-refractivity contribution in [3.8, 4) is 0 Å². The fourth-order valence-corrected chi connectivity index (χ4v) is 4.26. The molecule has 2 aliphatic heterocycles. The van der Waals surface area contributed by atoms with Gasteiger partial charge in [-0.25, -0.2) is 0 Å². The number of ether oxygens (including phenoxy) is 1. The predicted molar refractivity (Wildman–Crippen MR) is 107 cm³/mol. The van der Waals surface area contributed by atoms with Crippen molar-refractivity contribution in [2.24, 2.45) is 0 Å². The lowest BCUT2D eigenvalue weighted by Crippen LogP contribution is -2.47. The largest absolute Gasteiger partial charge is 0.365 e. The van der Waals surface area contributed by atoms with Crippen LogP contribution in [0.25, 0.3) is 0 Å². The third kappa shape index (κ3) is 3.75. The number of nitrogens with zero attached hydrogens (tertiary/aromatic N) is 1. The van der Waals surface area contributed by atoms with Crippen LogP contribution in [0.3, 0.4) is 0 Å². The van der Waals surface area contributed by atoms with E-state index in [9.17, 15) is 4.79 Å². The molecule has 1 spiro atoms. The van der Waals surface area contributed by atoms with E-state index in [1.807, 2.05) is 29.2 Å². The summed E-state index contributed by atoms with van der Waals surface area (Å²) in [6.07, 6.45) is 1.73. The first-order valence-electron chi connectivity index (χ1n) is 9.56. The minimum Gasteiger partial charge on any atom is -0.365 e. The van der Waals surface area contributed by atoms with E-state index >= 15 is 0 Å². The van der Waals surface area contributed by atoms with E-state index in [4.69, 9.17) is 16.3 Å². The van der Waals surface area contributed by atoms with Crippen LogP contribution in [0, 0.1) is 0 Å². The molecule has 2 aliphatic rings. The maximum atomic E-state index is 12.6. The molecular formula is C22H25ClN2O2. The molecule has 4 rings (SSSR count). The number of carbonyl (C=O) groups excluding carboxylic acids is 1. The van der Waals surface area contributed by atoms with Gasteiger partial charge >= 0.3 is 0 Å². The van der Waals surface area contributed by atoms with E-state index in [2.05, 4.69) is 36.5 Å². The lowest BCUT2D eigenvalue weighted by atomic mass is 9.84. The summed E-state index contributed by atoms with van der Waals surface area (Å²) in [7, 11) is 0. The third-order valence-electron chi connectivity index (χ3n) is 5.87. The number of fused-ring (bicyclic) bond motifs is 2. The molecule has 1 N–H and O–H groups in total. The van der Waals surface area contributed by atoms with E-state index < -0.39 is 0 Å². The first kappa shape index (κ1) is 18.5. The Hall–Kier alpha value is -1.88. The van der Waals surface area contributed by atoms with Crippen LogP contribution in [-0.2, 0) is 21.7 Å². The molecule has 0 aromatic heterocycles. The average molecular weight is 385 g/mol. The molecule has 0 bridgehead atoms. The minimum atomic E-state index is -0.197. The van der Waals surface area contributed by atoms with Gasteiger partial charge in [-0.2, -0.15) is 0 Å². The Morgan fingerprint density at radius 2 is 1.89 bits per heavy atom. The number of nitrogens with one attached hydrogen (secondary N) is 1. The van der Waals surface area contributed by atoms with E-state index in [1.165, 1.54) is 11.1 Å². The predicted octanol–water partition coefficient (Wildman–Crippen LogP) is 4.04.